The van der Waals surface area contributed by atoms with E-state index < -0.39 is 16.1 Å². The van der Waals surface area contributed by atoms with Gasteiger partial charge >= 0.3 is 0 Å². The van der Waals surface area contributed by atoms with Gasteiger partial charge in [-0.25, -0.2) is 8.42 Å². The Morgan fingerprint density at radius 2 is 1.95 bits per heavy atom. The van der Waals surface area contributed by atoms with Gasteiger partial charge in [-0.05, 0) is 44.9 Å². The number of nitrogens with zero attached hydrogens (tertiary/aromatic N) is 1. The Bertz CT molecular complexity index is 646. The highest BCUT2D eigenvalue weighted by atomic mass is 35.5. The van der Waals surface area contributed by atoms with Crippen LogP contribution in [-0.4, -0.2) is 32.7 Å². The van der Waals surface area contributed by atoms with Crippen molar-refractivity contribution < 1.29 is 13.2 Å². The molecule has 0 aliphatic rings. The molecule has 0 aromatic heterocycles. The van der Waals surface area contributed by atoms with Crippen molar-refractivity contribution in [2.45, 2.75) is 46.2 Å². The summed E-state index contributed by atoms with van der Waals surface area (Å²) in [6.07, 6.45) is 1.86. The van der Waals surface area contributed by atoms with E-state index in [4.69, 9.17) is 11.6 Å². The summed E-state index contributed by atoms with van der Waals surface area (Å²) in [4.78, 5) is 12.3. The van der Waals surface area contributed by atoms with E-state index in [0.717, 1.165) is 22.5 Å². The van der Waals surface area contributed by atoms with E-state index in [1.807, 2.05) is 13.8 Å². The Morgan fingerprint density at radius 1 is 1.36 bits per heavy atom. The summed E-state index contributed by atoms with van der Waals surface area (Å²) in [7, 11) is -3.63. The summed E-state index contributed by atoms with van der Waals surface area (Å²) >= 11 is 5.98. The number of benzene rings is 1. The van der Waals surface area contributed by atoms with Gasteiger partial charge in [-0.15, -0.1) is 0 Å². The Morgan fingerprint density at radius 3 is 2.45 bits per heavy atom. The number of halogens is 1. The first-order valence-corrected chi connectivity index (χ1v) is 9.36. The van der Waals surface area contributed by atoms with Crippen molar-refractivity contribution in [2.24, 2.45) is 0 Å². The first-order chi connectivity index (χ1) is 10.1. The number of hydrogen-bond acceptors (Lipinski definition) is 3. The zero-order valence-corrected chi connectivity index (χ0v) is 15.1. The van der Waals surface area contributed by atoms with Crippen molar-refractivity contribution >= 4 is 33.2 Å². The molecule has 0 saturated carbocycles. The third kappa shape index (κ3) is 4.61. The summed E-state index contributed by atoms with van der Waals surface area (Å²) in [5, 5.41) is 3.23. The molecule has 0 radical (unpaired) electrons. The molecule has 1 amide bonds. The van der Waals surface area contributed by atoms with Gasteiger partial charge in [0.05, 0.1) is 11.9 Å². The van der Waals surface area contributed by atoms with E-state index in [1.54, 1.807) is 32.0 Å². The average molecular weight is 347 g/mol. The lowest BCUT2D eigenvalue weighted by Crippen LogP contribution is -2.50. The molecule has 0 aliphatic heterocycles. The highest BCUT2D eigenvalue weighted by Crippen LogP contribution is 2.28. The highest BCUT2D eigenvalue weighted by molar-refractivity contribution is 7.92. The van der Waals surface area contributed by atoms with Crippen LogP contribution in [0.4, 0.5) is 5.69 Å². The van der Waals surface area contributed by atoms with Crippen LogP contribution in [-0.2, 0) is 14.8 Å². The fraction of sp³-hybridized carbons (Fsp3) is 0.533. The van der Waals surface area contributed by atoms with Crippen molar-refractivity contribution in [3.05, 3.63) is 28.8 Å². The van der Waals surface area contributed by atoms with E-state index >= 15 is 0 Å². The van der Waals surface area contributed by atoms with Crippen LogP contribution in [0.5, 0.6) is 0 Å². The minimum atomic E-state index is -3.63. The van der Waals surface area contributed by atoms with E-state index in [0.29, 0.717) is 10.7 Å². The van der Waals surface area contributed by atoms with Crippen molar-refractivity contribution in [3.8, 4) is 0 Å². The summed E-state index contributed by atoms with van der Waals surface area (Å²) in [5.74, 6) is -0.334. The van der Waals surface area contributed by atoms with E-state index in [2.05, 4.69) is 5.32 Å². The van der Waals surface area contributed by atoms with Gasteiger partial charge in [-0.1, -0.05) is 24.6 Å². The Kier molecular flexibility index (Phi) is 6.26. The van der Waals surface area contributed by atoms with Crippen LogP contribution in [0.2, 0.25) is 5.02 Å². The van der Waals surface area contributed by atoms with E-state index in [1.165, 1.54) is 0 Å². The average Bonchev–Trinajstić information content (AvgIpc) is 2.41. The topological polar surface area (TPSA) is 66.5 Å². The third-order valence-electron chi connectivity index (χ3n) is 3.50. The number of rotatable bonds is 6. The third-order valence-corrected chi connectivity index (χ3v) is 4.96. The predicted octanol–water partition coefficient (Wildman–Crippen LogP) is 2.72. The van der Waals surface area contributed by atoms with Gasteiger partial charge in [-0.3, -0.25) is 9.10 Å². The van der Waals surface area contributed by atoms with Crippen molar-refractivity contribution in [3.63, 3.8) is 0 Å². The maximum atomic E-state index is 12.3. The van der Waals surface area contributed by atoms with Gasteiger partial charge in [0, 0.05) is 11.1 Å². The van der Waals surface area contributed by atoms with Gasteiger partial charge in [0.15, 0.2) is 0 Å². The molecule has 0 unspecified atom stereocenters. The van der Waals surface area contributed by atoms with Gasteiger partial charge in [0.2, 0.25) is 15.9 Å². The quantitative estimate of drug-likeness (QED) is 0.861. The van der Waals surface area contributed by atoms with Crippen LogP contribution < -0.4 is 9.62 Å². The standard InChI is InChI=1S/C15H23ClN2O3S/c1-6-11(3)17-15(19)12(4)18(22(5,20)21)14-9-13(16)8-7-10(14)2/h7-9,11-12H,6H2,1-5H3,(H,17,19)/t11-,12+/m0/s1. The zero-order chi connectivity index (χ0) is 17.1. The zero-order valence-electron chi connectivity index (χ0n) is 13.6. The fourth-order valence-electron chi connectivity index (χ4n) is 2.07. The van der Waals surface area contributed by atoms with Crippen LogP contribution in [0.15, 0.2) is 18.2 Å². The lowest BCUT2D eigenvalue weighted by molar-refractivity contribution is -0.122. The second kappa shape index (κ2) is 7.33. The Balaban J connectivity index is 3.25. The molecule has 0 saturated heterocycles. The Labute approximate surface area is 137 Å². The van der Waals surface area contributed by atoms with Crippen LogP contribution in [0, 0.1) is 6.92 Å². The molecule has 1 aromatic carbocycles. The van der Waals surface area contributed by atoms with Crippen LogP contribution in [0.1, 0.15) is 32.8 Å². The number of carbonyl (C=O) groups is 1. The molecule has 2 atom stereocenters. The molecule has 0 aliphatic carbocycles. The molecule has 0 bridgehead atoms. The molecular formula is C15H23ClN2O3S. The molecule has 22 heavy (non-hydrogen) atoms. The molecule has 1 rings (SSSR count). The number of amides is 1. The van der Waals surface area contributed by atoms with Crippen LogP contribution in [0.3, 0.4) is 0 Å². The minimum Gasteiger partial charge on any atom is -0.352 e. The lowest BCUT2D eigenvalue weighted by atomic mass is 10.1. The van der Waals surface area contributed by atoms with Crippen LogP contribution >= 0.6 is 11.6 Å². The normalized spacial score (nSPS) is 14.3. The number of sulfonamides is 1. The molecule has 0 spiro atoms. The summed E-state index contributed by atoms with van der Waals surface area (Å²) in [6.45, 7) is 7.17. The summed E-state index contributed by atoms with van der Waals surface area (Å²) in [6, 6.07) is 4.10. The van der Waals surface area contributed by atoms with Gasteiger partial charge in [0.1, 0.15) is 6.04 Å². The van der Waals surface area contributed by atoms with Crippen molar-refractivity contribution in [1.82, 2.24) is 5.32 Å². The lowest BCUT2D eigenvalue weighted by Gasteiger charge is -2.30. The molecule has 124 valence electrons. The number of carbonyl (C=O) groups excluding carboxylic acids is 1. The predicted molar refractivity (Wildman–Crippen MR) is 90.9 cm³/mol. The fourth-order valence-corrected chi connectivity index (χ4v) is 3.46. The van der Waals surface area contributed by atoms with Gasteiger partial charge in [-0.2, -0.15) is 0 Å². The second-order valence-corrected chi connectivity index (χ2v) is 7.78. The molecule has 7 heteroatoms. The van der Waals surface area contributed by atoms with Crippen LogP contribution in [0.25, 0.3) is 0 Å². The molecule has 0 heterocycles. The van der Waals surface area contributed by atoms with Gasteiger partial charge in [0.25, 0.3) is 0 Å². The van der Waals surface area contributed by atoms with Crippen molar-refractivity contribution in [1.29, 1.82) is 0 Å². The smallest absolute Gasteiger partial charge is 0.243 e. The Hall–Kier alpha value is -1.27. The molecule has 5 nitrogen and oxygen atoms in total. The highest BCUT2D eigenvalue weighted by Gasteiger charge is 2.30. The van der Waals surface area contributed by atoms with Gasteiger partial charge < -0.3 is 5.32 Å². The number of anilines is 1. The minimum absolute atomic E-state index is 0.0168. The maximum Gasteiger partial charge on any atom is 0.243 e. The second-order valence-electron chi connectivity index (χ2n) is 5.48. The first kappa shape index (κ1) is 18.8. The van der Waals surface area contributed by atoms with E-state index in [9.17, 15) is 13.2 Å². The molecule has 1 N–H and O–H groups in total. The maximum absolute atomic E-state index is 12.3. The first-order valence-electron chi connectivity index (χ1n) is 7.13. The largest absolute Gasteiger partial charge is 0.352 e. The summed E-state index contributed by atoms with van der Waals surface area (Å²) in [5.41, 5.74) is 1.15. The monoisotopic (exact) mass is 346 g/mol. The molecule has 0 fully saturated rings. The van der Waals surface area contributed by atoms with Crippen molar-refractivity contribution in [2.75, 3.05) is 10.6 Å². The SMILES string of the molecule is CC[C@H](C)NC(=O)[C@@H](C)N(c1cc(Cl)ccc1C)S(C)(=O)=O. The van der Waals surface area contributed by atoms with E-state index in [-0.39, 0.29) is 11.9 Å². The molecule has 1 aromatic rings. The number of aryl methyl sites for hydroxylation is 1. The number of nitrogens with one attached hydrogen (secondary N) is 1. The number of hydrogen-bond donors (Lipinski definition) is 1. The summed E-state index contributed by atoms with van der Waals surface area (Å²) < 4.78 is 25.5. The molecular weight excluding hydrogens is 324 g/mol.